The van der Waals surface area contributed by atoms with Crippen molar-refractivity contribution in [2.75, 3.05) is 6.54 Å². The van der Waals surface area contributed by atoms with E-state index in [0.717, 1.165) is 30.1 Å². The molecule has 0 amide bonds. The van der Waals surface area contributed by atoms with Gasteiger partial charge in [0.05, 0.1) is 10.4 Å². The molecular weight excluding hydrogens is 242 g/mol. The molecule has 0 saturated heterocycles. The van der Waals surface area contributed by atoms with Crippen LogP contribution in [0.4, 0.5) is 0 Å². The van der Waals surface area contributed by atoms with Gasteiger partial charge in [-0.15, -0.1) is 11.3 Å². The number of halogens is 1. The number of hydrogen-bond acceptors (Lipinski definition) is 3. The average molecular weight is 260 g/mol. The Morgan fingerprint density at radius 3 is 3.00 bits per heavy atom. The lowest BCUT2D eigenvalue weighted by Gasteiger charge is -2.18. The molecule has 2 N–H and O–H groups in total. The van der Waals surface area contributed by atoms with Gasteiger partial charge in [-0.2, -0.15) is 0 Å². The maximum atomic E-state index is 9.72. The largest absolute Gasteiger partial charge is 0.393 e. The summed E-state index contributed by atoms with van der Waals surface area (Å²) in [5, 5.41) is 15.3. The molecular formula is C12H18ClNOS. The molecule has 1 aliphatic rings. The molecule has 3 unspecified atom stereocenters. The lowest BCUT2D eigenvalue weighted by molar-refractivity contribution is 0.130. The van der Waals surface area contributed by atoms with Gasteiger partial charge in [0.2, 0.25) is 0 Å². The van der Waals surface area contributed by atoms with Crippen LogP contribution in [0.15, 0.2) is 11.4 Å². The summed E-state index contributed by atoms with van der Waals surface area (Å²) in [4.78, 5) is 0. The molecule has 3 atom stereocenters. The van der Waals surface area contributed by atoms with Gasteiger partial charge in [0.15, 0.2) is 0 Å². The van der Waals surface area contributed by atoms with E-state index in [1.165, 1.54) is 5.56 Å². The van der Waals surface area contributed by atoms with Crippen LogP contribution in [0.1, 0.15) is 37.8 Å². The summed E-state index contributed by atoms with van der Waals surface area (Å²) in [5.74, 6) is 0.427. The Morgan fingerprint density at radius 2 is 2.44 bits per heavy atom. The normalized spacial score (nSPS) is 27.2. The lowest BCUT2D eigenvalue weighted by Crippen LogP contribution is -2.29. The number of aliphatic hydroxyl groups is 1. The third-order valence-electron chi connectivity index (χ3n) is 3.39. The molecule has 1 aliphatic carbocycles. The predicted octanol–water partition coefficient (Wildman–Crippen LogP) is 3.21. The molecule has 1 saturated carbocycles. The molecule has 2 rings (SSSR count). The SMILES string of the molecule is CC(NCC1CCCC1O)c1csc(Cl)c1. The molecule has 0 aromatic carbocycles. The molecule has 4 heteroatoms. The summed E-state index contributed by atoms with van der Waals surface area (Å²) >= 11 is 7.47. The van der Waals surface area contributed by atoms with E-state index in [-0.39, 0.29) is 6.10 Å². The van der Waals surface area contributed by atoms with E-state index in [1.54, 1.807) is 11.3 Å². The molecule has 1 fully saturated rings. The molecule has 90 valence electrons. The highest BCUT2D eigenvalue weighted by Gasteiger charge is 2.25. The Bertz CT molecular complexity index is 342. The van der Waals surface area contributed by atoms with Crippen LogP contribution in [-0.2, 0) is 0 Å². The van der Waals surface area contributed by atoms with E-state index >= 15 is 0 Å². The summed E-state index contributed by atoms with van der Waals surface area (Å²) in [6, 6.07) is 2.33. The number of aliphatic hydroxyl groups excluding tert-OH is 1. The zero-order chi connectivity index (χ0) is 11.5. The van der Waals surface area contributed by atoms with Crippen LogP contribution in [0, 0.1) is 5.92 Å². The fourth-order valence-corrected chi connectivity index (χ4v) is 3.24. The number of hydrogen-bond donors (Lipinski definition) is 2. The first-order valence-corrected chi connectivity index (χ1v) is 7.08. The Kier molecular flexibility index (Phi) is 4.25. The lowest BCUT2D eigenvalue weighted by atomic mass is 10.1. The summed E-state index contributed by atoms with van der Waals surface area (Å²) in [5.41, 5.74) is 1.24. The molecule has 1 aromatic rings. The van der Waals surface area contributed by atoms with Crippen molar-refractivity contribution in [1.29, 1.82) is 0 Å². The van der Waals surface area contributed by atoms with E-state index in [9.17, 15) is 5.11 Å². The maximum Gasteiger partial charge on any atom is 0.0931 e. The first-order valence-electron chi connectivity index (χ1n) is 5.82. The molecule has 1 heterocycles. The van der Waals surface area contributed by atoms with Gasteiger partial charge in [-0.25, -0.2) is 0 Å². The standard InChI is InChI=1S/C12H18ClNOS/c1-8(10-5-12(13)16-7-10)14-6-9-3-2-4-11(9)15/h5,7-9,11,14-15H,2-4,6H2,1H3. The summed E-state index contributed by atoms with van der Waals surface area (Å²) in [6.45, 7) is 3.04. The topological polar surface area (TPSA) is 32.3 Å². The predicted molar refractivity (Wildman–Crippen MR) is 69.1 cm³/mol. The van der Waals surface area contributed by atoms with Crippen molar-refractivity contribution in [3.05, 3.63) is 21.3 Å². The molecule has 1 aromatic heterocycles. The van der Waals surface area contributed by atoms with Gasteiger partial charge in [-0.3, -0.25) is 0 Å². The van der Waals surface area contributed by atoms with Crippen LogP contribution in [-0.4, -0.2) is 17.8 Å². The highest BCUT2D eigenvalue weighted by molar-refractivity contribution is 7.14. The monoisotopic (exact) mass is 259 g/mol. The van der Waals surface area contributed by atoms with Gasteiger partial charge in [0, 0.05) is 12.6 Å². The second-order valence-electron chi connectivity index (χ2n) is 4.57. The fraction of sp³-hybridized carbons (Fsp3) is 0.667. The minimum Gasteiger partial charge on any atom is -0.393 e. The van der Waals surface area contributed by atoms with Crippen molar-refractivity contribution in [3.8, 4) is 0 Å². The Balaban J connectivity index is 1.81. The third-order valence-corrected chi connectivity index (χ3v) is 4.50. The van der Waals surface area contributed by atoms with E-state index < -0.39 is 0 Å². The van der Waals surface area contributed by atoms with Gasteiger partial charge in [0.1, 0.15) is 0 Å². The van der Waals surface area contributed by atoms with Crippen LogP contribution in [0.25, 0.3) is 0 Å². The summed E-state index contributed by atoms with van der Waals surface area (Å²) in [7, 11) is 0. The van der Waals surface area contributed by atoms with Crippen molar-refractivity contribution < 1.29 is 5.11 Å². The van der Waals surface area contributed by atoms with E-state index in [4.69, 9.17) is 11.6 Å². The third kappa shape index (κ3) is 2.98. The van der Waals surface area contributed by atoms with Crippen molar-refractivity contribution >= 4 is 22.9 Å². The average Bonchev–Trinajstić information content (AvgIpc) is 2.84. The number of thiophene rings is 1. The van der Waals surface area contributed by atoms with Crippen LogP contribution < -0.4 is 5.32 Å². The highest BCUT2D eigenvalue weighted by atomic mass is 35.5. The minimum atomic E-state index is -0.106. The summed E-state index contributed by atoms with van der Waals surface area (Å²) in [6.07, 6.45) is 3.16. The van der Waals surface area contributed by atoms with E-state index in [0.29, 0.717) is 12.0 Å². The van der Waals surface area contributed by atoms with Crippen LogP contribution in [0.2, 0.25) is 4.34 Å². The van der Waals surface area contributed by atoms with E-state index in [2.05, 4.69) is 17.6 Å². The van der Waals surface area contributed by atoms with Gasteiger partial charge in [-0.1, -0.05) is 18.0 Å². The van der Waals surface area contributed by atoms with Crippen molar-refractivity contribution in [2.45, 2.75) is 38.3 Å². The molecule has 0 bridgehead atoms. The first kappa shape index (κ1) is 12.4. The molecule has 0 radical (unpaired) electrons. The Morgan fingerprint density at radius 1 is 1.62 bits per heavy atom. The Labute approximate surface area is 106 Å². The van der Waals surface area contributed by atoms with Crippen molar-refractivity contribution in [2.24, 2.45) is 5.92 Å². The molecule has 2 nitrogen and oxygen atoms in total. The zero-order valence-electron chi connectivity index (χ0n) is 9.45. The van der Waals surface area contributed by atoms with Gasteiger partial charge in [0.25, 0.3) is 0 Å². The Hall–Kier alpha value is -0.0900. The maximum absolute atomic E-state index is 9.72. The second-order valence-corrected chi connectivity index (χ2v) is 6.11. The minimum absolute atomic E-state index is 0.106. The second kappa shape index (κ2) is 5.50. The van der Waals surface area contributed by atoms with Gasteiger partial charge >= 0.3 is 0 Å². The van der Waals surface area contributed by atoms with Crippen LogP contribution in [0.3, 0.4) is 0 Å². The summed E-state index contributed by atoms with van der Waals surface area (Å²) < 4.78 is 0.838. The molecule has 0 spiro atoms. The quantitative estimate of drug-likeness (QED) is 0.870. The molecule has 0 aliphatic heterocycles. The highest BCUT2D eigenvalue weighted by Crippen LogP contribution is 2.27. The van der Waals surface area contributed by atoms with Crippen molar-refractivity contribution in [3.63, 3.8) is 0 Å². The van der Waals surface area contributed by atoms with Crippen molar-refractivity contribution in [1.82, 2.24) is 5.32 Å². The van der Waals surface area contributed by atoms with Gasteiger partial charge < -0.3 is 10.4 Å². The fourth-order valence-electron chi connectivity index (χ4n) is 2.25. The van der Waals surface area contributed by atoms with E-state index in [1.807, 2.05) is 6.07 Å². The molecule has 16 heavy (non-hydrogen) atoms. The van der Waals surface area contributed by atoms with Gasteiger partial charge in [-0.05, 0) is 42.7 Å². The number of rotatable bonds is 4. The smallest absolute Gasteiger partial charge is 0.0931 e. The van der Waals surface area contributed by atoms with Crippen LogP contribution >= 0.6 is 22.9 Å². The number of nitrogens with one attached hydrogen (secondary N) is 1. The van der Waals surface area contributed by atoms with Crippen LogP contribution in [0.5, 0.6) is 0 Å². The zero-order valence-corrected chi connectivity index (χ0v) is 11.0. The first-order chi connectivity index (χ1) is 7.66.